The zero-order valence-corrected chi connectivity index (χ0v) is 20.1. The van der Waals surface area contributed by atoms with Crippen molar-refractivity contribution >= 4 is 0 Å². The Kier molecular flexibility index (Phi) is 10.5. The molecule has 0 bridgehead atoms. The smallest absolute Gasteiger partial charge is 0.0131 e. The summed E-state index contributed by atoms with van der Waals surface area (Å²) in [6, 6.07) is 9.90. The van der Waals surface area contributed by atoms with Crippen LogP contribution in [0.15, 0.2) is 36.4 Å². The van der Waals surface area contributed by atoms with Crippen molar-refractivity contribution < 1.29 is 0 Å². The molecule has 0 nitrogen and oxygen atoms in total. The van der Waals surface area contributed by atoms with Crippen molar-refractivity contribution in [1.82, 2.24) is 0 Å². The summed E-state index contributed by atoms with van der Waals surface area (Å²) in [5.74, 6) is 3.64. The Hall–Kier alpha value is -1.04. The molecule has 2 atom stereocenters. The molecule has 168 valence electrons. The third-order valence-electron chi connectivity index (χ3n) is 8.12. The predicted molar refractivity (Wildman–Crippen MR) is 133 cm³/mol. The molecule has 0 heterocycles. The Morgan fingerprint density at radius 1 is 0.767 bits per heavy atom. The Labute approximate surface area is 187 Å². The molecule has 0 N–H and O–H groups in total. The lowest BCUT2D eigenvalue weighted by atomic mass is 9.69. The summed E-state index contributed by atoms with van der Waals surface area (Å²) in [5, 5.41) is 0. The van der Waals surface area contributed by atoms with E-state index in [1.54, 1.807) is 5.56 Å². The lowest BCUT2D eigenvalue weighted by Crippen LogP contribution is -2.23. The van der Waals surface area contributed by atoms with E-state index >= 15 is 0 Å². The highest BCUT2D eigenvalue weighted by molar-refractivity contribution is 5.26. The largest absolute Gasteiger partial charge is 0.0885 e. The van der Waals surface area contributed by atoms with Gasteiger partial charge in [0.25, 0.3) is 0 Å². The van der Waals surface area contributed by atoms with E-state index < -0.39 is 0 Å². The summed E-state index contributed by atoms with van der Waals surface area (Å²) >= 11 is 0. The lowest BCUT2D eigenvalue weighted by molar-refractivity contribution is 0.210. The van der Waals surface area contributed by atoms with Gasteiger partial charge < -0.3 is 0 Å². The normalized spacial score (nSPS) is 25.3. The van der Waals surface area contributed by atoms with Crippen LogP contribution in [-0.2, 0) is 6.42 Å². The van der Waals surface area contributed by atoms with Gasteiger partial charge in [-0.2, -0.15) is 0 Å². The van der Waals surface area contributed by atoms with Crippen LogP contribution in [0.2, 0.25) is 0 Å². The second-order valence-electron chi connectivity index (χ2n) is 10.5. The molecule has 2 unspecified atom stereocenters. The lowest BCUT2D eigenvalue weighted by Gasteiger charge is -2.36. The molecular formula is C30H48. The maximum Gasteiger partial charge on any atom is -0.0131 e. The Bertz CT molecular complexity index is 587. The quantitative estimate of drug-likeness (QED) is 0.238. The first kappa shape index (κ1) is 23.6. The number of rotatable bonds is 12. The Balaban J connectivity index is 1.59. The minimum atomic E-state index is 0.794. The van der Waals surface area contributed by atoms with E-state index in [0.717, 1.165) is 23.7 Å². The van der Waals surface area contributed by atoms with E-state index in [9.17, 15) is 0 Å². The van der Waals surface area contributed by atoms with Crippen LogP contribution in [0.3, 0.4) is 0 Å². The number of unbranched alkanes of at least 4 members (excludes halogenated alkanes) is 4. The average molecular weight is 409 g/mol. The Morgan fingerprint density at radius 3 is 2.20 bits per heavy atom. The topological polar surface area (TPSA) is 0 Å². The maximum atomic E-state index is 2.51. The number of hydrogen-bond donors (Lipinski definition) is 0. The molecule has 1 fully saturated rings. The van der Waals surface area contributed by atoms with E-state index in [1.165, 1.54) is 108 Å². The van der Waals surface area contributed by atoms with Gasteiger partial charge >= 0.3 is 0 Å². The van der Waals surface area contributed by atoms with Crippen LogP contribution >= 0.6 is 0 Å². The molecule has 0 saturated heterocycles. The molecule has 1 aromatic carbocycles. The third kappa shape index (κ3) is 7.58. The van der Waals surface area contributed by atoms with Crippen molar-refractivity contribution in [1.29, 1.82) is 0 Å². The van der Waals surface area contributed by atoms with E-state index in [-0.39, 0.29) is 0 Å². The molecule has 0 aromatic heterocycles. The standard InChI is InChI=1S/C30H48/c1-3-5-7-9-13-26-18-22-29(23-19-26)30(24-27-14-10-8-11-15-27)28-20-16-25(17-21-28)12-6-4-2/h8,10,16-17,20-21,26-27,29-30H,3-7,9,11-15,18-19,22-24H2,1-2H3. The van der Waals surface area contributed by atoms with Gasteiger partial charge in [0.2, 0.25) is 0 Å². The van der Waals surface area contributed by atoms with E-state index in [0.29, 0.717) is 0 Å². The van der Waals surface area contributed by atoms with E-state index in [1.807, 2.05) is 0 Å². The van der Waals surface area contributed by atoms with Gasteiger partial charge in [0, 0.05) is 0 Å². The van der Waals surface area contributed by atoms with Crippen molar-refractivity contribution in [2.24, 2.45) is 17.8 Å². The number of benzene rings is 1. The molecule has 0 radical (unpaired) electrons. The SMILES string of the molecule is CCCCCCC1CCC(C(CC2CC=CCC2)c2ccc(CCCC)cc2)CC1. The van der Waals surface area contributed by atoms with E-state index in [2.05, 4.69) is 50.3 Å². The minimum absolute atomic E-state index is 0.794. The predicted octanol–water partition coefficient (Wildman–Crippen LogP) is 9.64. The monoisotopic (exact) mass is 408 g/mol. The molecule has 1 saturated carbocycles. The molecule has 2 aliphatic rings. The summed E-state index contributed by atoms with van der Waals surface area (Å²) in [6.45, 7) is 4.62. The van der Waals surface area contributed by atoms with Gasteiger partial charge in [-0.1, -0.05) is 102 Å². The average Bonchev–Trinajstić information content (AvgIpc) is 2.81. The number of aryl methyl sites for hydroxylation is 1. The summed E-state index contributed by atoms with van der Waals surface area (Å²) in [7, 11) is 0. The summed E-state index contributed by atoms with van der Waals surface area (Å²) < 4.78 is 0. The van der Waals surface area contributed by atoms with E-state index in [4.69, 9.17) is 0 Å². The summed E-state index contributed by atoms with van der Waals surface area (Å²) in [4.78, 5) is 0. The van der Waals surface area contributed by atoms with Crippen LogP contribution in [0.4, 0.5) is 0 Å². The van der Waals surface area contributed by atoms with Gasteiger partial charge in [0.05, 0.1) is 0 Å². The third-order valence-corrected chi connectivity index (χ3v) is 8.12. The van der Waals surface area contributed by atoms with Gasteiger partial charge in [-0.3, -0.25) is 0 Å². The molecule has 3 rings (SSSR count). The molecule has 2 aliphatic carbocycles. The fraction of sp³-hybridized carbons (Fsp3) is 0.733. The highest BCUT2D eigenvalue weighted by Gasteiger charge is 2.30. The Morgan fingerprint density at radius 2 is 1.53 bits per heavy atom. The summed E-state index contributed by atoms with van der Waals surface area (Å²) in [5.41, 5.74) is 3.19. The first-order valence-corrected chi connectivity index (χ1v) is 13.5. The zero-order chi connectivity index (χ0) is 21.0. The molecule has 0 spiro atoms. The van der Waals surface area contributed by atoms with Crippen molar-refractivity contribution in [3.05, 3.63) is 47.5 Å². The van der Waals surface area contributed by atoms with Crippen LogP contribution in [0, 0.1) is 17.8 Å². The van der Waals surface area contributed by atoms with Gasteiger partial charge in [-0.15, -0.1) is 0 Å². The van der Waals surface area contributed by atoms with Crippen molar-refractivity contribution in [3.63, 3.8) is 0 Å². The molecule has 0 aliphatic heterocycles. The minimum Gasteiger partial charge on any atom is -0.0885 e. The first-order valence-electron chi connectivity index (χ1n) is 13.5. The van der Waals surface area contributed by atoms with Gasteiger partial charge in [-0.25, -0.2) is 0 Å². The number of hydrogen-bond acceptors (Lipinski definition) is 0. The van der Waals surface area contributed by atoms with Crippen LogP contribution in [0.5, 0.6) is 0 Å². The van der Waals surface area contributed by atoms with Crippen LogP contribution in [-0.4, -0.2) is 0 Å². The number of allylic oxidation sites excluding steroid dienone is 2. The molecular weight excluding hydrogens is 360 g/mol. The zero-order valence-electron chi connectivity index (χ0n) is 20.1. The van der Waals surface area contributed by atoms with Crippen molar-refractivity contribution in [2.75, 3.05) is 0 Å². The second-order valence-corrected chi connectivity index (χ2v) is 10.5. The van der Waals surface area contributed by atoms with Gasteiger partial charge in [0.15, 0.2) is 0 Å². The second kappa shape index (κ2) is 13.4. The van der Waals surface area contributed by atoms with Gasteiger partial charge in [0.1, 0.15) is 0 Å². The van der Waals surface area contributed by atoms with Crippen LogP contribution < -0.4 is 0 Å². The maximum absolute atomic E-state index is 2.51. The van der Waals surface area contributed by atoms with Crippen LogP contribution in [0.1, 0.15) is 127 Å². The highest BCUT2D eigenvalue weighted by Crippen LogP contribution is 2.44. The van der Waals surface area contributed by atoms with Crippen molar-refractivity contribution in [2.45, 2.75) is 122 Å². The fourth-order valence-corrected chi connectivity index (χ4v) is 6.08. The highest BCUT2D eigenvalue weighted by atomic mass is 14.3. The molecule has 0 heteroatoms. The molecule has 0 amide bonds. The fourth-order valence-electron chi connectivity index (χ4n) is 6.08. The first-order chi connectivity index (χ1) is 14.8. The van der Waals surface area contributed by atoms with Crippen LogP contribution in [0.25, 0.3) is 0 Å². The van der Waals surface area contributed by atoms with Crippen molar-refractivity contribution in [3.8, 4) is 0 Å². The molecule has 30 heavy (non-hydrogen) atoms. The summed E-state index contributed by atoms with van der Waals surface area (Å²) in [6.07, 6.45) is 27.3. The van der Waals surface area contributed by atoms with Gasteiger partial charge in [-0.05, 0) is 86.2 Å². The molecule has 1 aromatic rings.